The van der Waals surface area contributed by atoms with E-state index in [0.717, 1.165) is 13.1 Å². The monoisotopic (exact) mass is 130 g/mol. The number of hydrogen-bond donors (Lipinski definition) is 1. The molecule has 3 heteroatoms. The fourth-order valence-electron chi connectivity index (χ4n) is 0.891. The molecule has 0 spiro atoms. The number of aliphatic hydroxyl groups excluding tert-OH is 1. The highest BCUT2D eigenvalue weighted by molar-refractivity contribution is 4.68. The Bertz CT molecular complexity index is 87.1. The summed E-state index contributed by atoms with van der Waals surface area (Å²) in [7, 11) is 3.74. The predicted molar refractivity (Wildman–Crippen MR) is 33.8 cm³/mol. The molecule has 1 aliphatic rings. The van der Waals surface area contributed by atoms with Crippen LogP contribution in [0.4, 0.5) is 0 Å². The van der Waals surface area contributed by atoms with E-state index in [-0.39, 0.29) is 12.7 Å². The highest BCUT2D eigenvalue weighted by Gasteiger charge is 2.15. The van der Waals surface area contributed by atoms with Crippen molar-refractivity contribution in [3.8, 4) is 0 Å². The molecule has 0 saturated carbocycles. The second kappa shape index (κ2) is 3.15. The molecule has 3 nitrogen and oxygen atoms in total. The zero-order chi connectivity index (χ0) is 6.69. The summed E-state index contributed by atoms with van der Waals surface area (Å²) in [4.78, 5) is 1.91. The second-order valence-electron chi connectivity index (χ2n) is 2.25. The summed E-state index contributed by atoms with van der Waals surface area (Å²) in [6, 6.07) is 0. The topological polar surface area (TPSA) is 32.7 Å². The van der Waals surface area contributed by atoms with E-state index in [1.165, 1.54) is 0 Å². The first-order valence-electron chi connectivity index (χ1n) is 3.11. The summed E-state index contributed by atoms with van der Waals surface area (Å²) in [6.07, 6.45) is -0.0174. The standard InChI is InChI=1S/C6H12NO2/c1-7-2-3-9-6(4-7)5-8/h6,8H,1-5H2. The van der Waals surface area contributed by atoms with Crippen LogP contribution in [-0.2, 0) is 4.74 Å². The molecule has 1 saturated heterocycles. The maximum absolute atomic E-state index is 8.63. The Kier molecular flexibility index (Phi) is 2.45. The van der Waals surface area contributed by atoms with Gasteiger partial charge in [-0.25, -0.2) is 0 Å². The summed E-state index contributed by atoms with van der Waals surface area (Å²) in [5, 5.41) is 8.63. The van der Waals surface area contributed by atoms with Crippen molar-refractivity contribution >= 4 is 0 Å². The minimum absolute atomic E-state index is 0.0174. The molecule has 53 valence electrons. The predicted octanol–water partition coefficient (Wildman–Crippen LogP) is -0.529. The summed E-state index contributed by atoms with van der Waals surface area (Å²) in [6.45, 7) is 2.41. The van der Waals surface area contributed by atoms with Gasteiger partial charge in [-0.1, -0.05) is 0 Å². The lowest BCUT2D eigenvalue weighted by molar-refractivity contribution is -0.0405. The fraction of sp³-hybridized carbons (Fsp3) is 0.833. The lowest BCUT2D eigenvalue weighted by atomic mass is 10.3. The molecule has 1 heterocycles. The maximum Gasteiger partial charge on any atom is 0.0932 e. The average Bonchev–Trinajstić information content (AvgIpc) is 1.88. The van der Waals surface area contributed by atoms with Crippen LogP contribution in [0.1, 0.15) is 0 Å². The van der Waals surface area contributed by atoms with Crippen molar-refractivity contribution in [3.63, 3.8) is 0 Å². The van der Waals surface area contributed by atoms with Crippen LogP contribution in [0.5, 0.6) is 0 Å². The first kappa shape index (κ1) is 6.99. The smallest absolute Gasteiger partial charge is 0.0932 e. The molecule has 0 bridgehead atoms. The van der Waals surface area contributed by atoms with Gasteiger partial charge in [-0.3, -0.25) is 4.90 Å². The van der Waals surface area contributed by atoms with Crippen molar-refractivity contribution in [2.45, 2.75) is 6.10 Å². The summed E-state index contributed by atoms with van der Waals surface area (Å²) in [5.41, 5.74) is 0. The van der Waals surface area contributed by atoms with E-state index >= 15 is 0 Å². The maximum atomic E-state index is 8.63. The van der Waals surface area contributed by atoms with Crippen molar-refractivity contribution < 1.29 is 9.84 Å². The molecule has 0 aromatic heterocycles. The van der Waals surface area contributed by atoms with Gasteiger partial charge in [0.05, 0.1) is 19.3 Å². The third-order valence-electron chi connectivity index (χ3n) is 1.43. The summed E-state index contributed by atoms with van der Waals surface area (Å²) in [5.74, 6) is 0. The highest BCUT2D eigenvalue weighted by Crippen LogP contribution is 2.01. The molecule has 1 fully saturated rings. The quantitative estimate of drug-likeness (QED) is 0.518. The molecule has 1 N–H and O–H groups in total. The minimum Gasteiger partial charge on any atom is -0.394 e. The van der Waals surface area contributed by atoms with Crippen LogP contribution < -0.4 is 0 Å². The van der Waals surface area contributed by atoms with Crippen molar-refractivity contribution in [1.29, 1.82) is 0 Å². The first-order chi connectivity index (χ1) is 4.33. The van der Waals surface area contributed by atoms with Crippen molar-refractivity contribution in [2.75, 3.05) is 26.3 Å². The number of rotatable bonds is 1. The molecule has 1 rings (SSSR count). The van der Waals surface area contributed by atoms with Gasteiger partial charge in [0.15, 0.2) is 0 Å². The third kappa shape index (κ3) is 1.93. The van der Waals surface area contributed by atoms with E-state index in [1.54, 1.807) is 0 Å². The largest absolute Gasteiger partial charge is 0.394 e. The van der Waals surface area contributed by atoms with E-state index in [9.17, 15) is 0 Å². The van der Waals surface area contributed by atoms with Crippen molar-refractivity contribution in [1.82, 2.24) is 4.90 Å². The number of ether oxygens (including phenoxy) is 1. The number of nitrogens with zero attached hydrogens (tertiary/aromatic N) is 1. The van der Waals surface area contributed by atoms with E-state index in [0.29, 0.717) is 6.61 Å². The van der Waals surface area contributed by atoms with Gasteiger partial charge < -0.3 is 9.84 Å². The zero-order valence-corrected chi connectivity index (χ0v) is 5.42. The molecule has 0 amide bonds. The fourth-order valence-corrected chi connectivity index (χ4v) is 0.891. The molecular formula is C6H12NO2. The van der Waals surface area contributed by atoms with Crippen molar-refractivity contribution in [2.24, 2.45) is 0 Å². The Labute approximate surface area is 55.2 Å². The SMILES string of the molecule is [CH2]N1CCOC(CO)C1. The van der Waals surface area contributed by atoms with Gasteiger partial charge in [0.25, 0.3) is 0 Å². The Balaban J connectivity index is 2.23. The lowest BCUT2D eigenvalue weighted by Gasteiger charge is -2.28. The summed E-state index contributed by atoms with van der Waals surface area (Å²) >= 11 is 0. The van der Waals surface area contributed by atoms with Gasteiger partial charge in [0.1, 0.15) is 0 Å². The first-order valence-corrected chi connectivity index (χ1v) is 3.11. The Morgan fingerprint density at radius 1 is 1.78 bits per heavy atom. The van der Waals surface area contributed by atoms with Crippen molar-refractivity contribution in [3.05, 3.63) is 7.05 Å². The molecular weight excluding hydrogens is 118 g/mol. The van der Waals surface area contributed by atoms with Gasteiger partial charge in [-0.05, 0) is 0 Å². The Hall–Kier alpha value is -0.120. The number of hydrogen-bond acceptors (Lipinski definition) is 3. The van der Waals surface area contributed by atoms with Crippen LogP contribution in [0, 0.1) is 7.05 Å². The lowest BCUT2D eigenvalue weighted by Crippen LogP contribution is -2.40. The van der Waals surface area contributed by atoms with Crippen LogP contribution in [-0.4, -0.2) is 42.4 Å². The normalized spacial score (nSPS) is 30.7. The molecule has 1 unspecified atom stereocenters. The van der Waals surface area contributed by atoms with Crippen LogP contribution in [0.3, 0.4) is 0 Å². The van der Waals surface area contributed by atoms with Crippen LogP contribution in [0.25, 0.3) is 0 Å². The van der Waals surface area contributed by atoms with Gasteiger partial charge in [0.2, 0.25) is 0 Å². The van der Waals surface area contributed by atoms with Crippen LogP contribution >= 0.6 is 0 Å². The Morgan fingerprint density at radius 2 is 2.56 bits per heavy atom. The molecule has 0 aliphatic carbocycles. The van der Waals surface area contributed by atoms with Gasteiger partial charge >= 0.3 is 0 Å². The van der Waals surface area contributed by atoms with E-state index in [1.807, 2.05) is 4.90 Å². The van der Waals surface area contributed by atoms with Crippen LogP contribution in [0.15, 0.2) is 0 Å². The van der Waals surface area contributed by atoms with E-state index < -0.39 is 0 Å². The molecule has 0 aromatic carbocycles. The second-order valence-corrected chi connectivity index (χ2v) is 2.25. The number of aliphatic hydroxyl groups is 1. The Morgan fingerprint density at radius 3 is 3.00 bits per heavy atom. The molecule has 9 heavy (non-hydrogen) atoms. The van der Waals surface area contributed by atoms with E-state index in [4.69, 9.17) is 9.84 Å². The molecule has 0 aromatic rings. The summed E-state index contributed by atoms with van der Waals surface area (Å²) < 4.78 is 5.17. The third-order valence-corrected chi connectivity index (χ3v) is 1.43. The van der Waals surface area contributed by atoms with Crippen LogP contribution in [0.2, 0.25) is 0 Å². The zero-order valence-electron chi connectivity index (χ0n) is 5.42. The molecule has 1 aliphatic heterocycles. The molecule has 1 atom stereocenters. The van der Waals surface area contributed by atoms with Gasteiger partial charge in [0, 0.05) is 20.1 Å². The van der Waals surface area contributed by atoms with Gasteiger partial charge in [-0.15, -0.1) is 0 Å². The highest BCUT2D eigenvalue weighted by atomic mass is 16.5. The minimum atomic E-state index is -0.0174. The molecule has 1 radical (unpaired) electrons. The number of morpholine rings is 1. The van der Waals surface area contributed by atoms with Gasteiger partial charge in [-0.2, -0.15) is 0 Å². The van der Waals surface area contributed by atoms with E-state index in [2.05, 4.69) is 7.05 Å². The average molecular weight is 130 g/mol.